The zero-order valence-corrected chi connectivity index (χ0v) is 17.4. The molecule has 0 aliphatic carbocycles. The average Bonchev–Trinajstić information content (AvgIpc) is 3.24. The van der Waals surface area contributed by atoms with Crippen molar-refractivity contribution in [3.05, 3.63) is 90.5 Å². The molecule has 152 valence electrons. The van der Waals surface area contributed by atoms with Crippen LogP contribution in [-0.4, -0.2) is 26.4 Å². The van der Waals surface area contributed by atoms with Gasteiger partial charge < -0.3 is 5.32 Å². The molecule has 0 radical (unpaired) electrons. The van der Waals surface area contributed by atoms with E-state index in [4.69, 9.17) is 5.26 Å². The average molecular weight is 426 g/mol. The van der Waals surface area contributed by atoms with E-state index in [9.17, 15) is 4.79 Å². The maximum absolute atomic E-state index is 12.3. The Morgan fingerprint density at radius 1 is 0.968 bits per heavy atom. The van der Waals surface area contributed by atoms with Crippen LogP contribution in [0.4, 0.5) is 5.69 Å². The molecule has 0 unspecified atom stereocenters. The molecule has 3 aromatic carbocycles. The molecule has 0 aliphatic heterocycles. The van der Waals surface area contributed by atoms with Gasteiger partial charge in [0, 0.05) is 29.1 Å². The summed E-state index contributed by atoms with van der Waals surface area (Å²) >= 11 is 1.48. The highest BCUT2D eigenvalue weighted by atomic mass is 32.2. The first-order valence-corrected chi connectivity index (χ1v) is 10.7. The fourth-order valence-corrected chi connectivity index (χ4v) is 3.96. The number of para-hydroxylation sites is 1. The number of nitrogens with one attached hydrogen (secondary N) is 1. The van der Waals surface area contributed by atoms with Gasteiger partial charge in [-0.15, -0.1) is 10.2 Å². The standard InChI is InChI=1S/C24H19N5OS/c25-17-18-8-7-11-20(16-18)26-22(30)14-15-31-24-28-27-23(19-9-3-1-4-10-19)29(24)21-12-5-2-6-13-21/h1-13,16H,14-15H2,(H,26,30). The van der Waals surface area contributed by atoms with Gasteiger partial charge in [-0.2, -0.15) is 5.26 Å². The third kappa shape index (κ3) is 5.00. The fourth-order valence-electron chi connectivity index (χ4n) is 3.07. The largest absolute Gasteiger partial charge is 0.326 e. The summed E-state index contributed by atoms with van der Waals surface area (Å²) in [6, 6.07) is 28.8. The van der Waals surface area contributed by atoms with Crippen LogP contribution in [0.2, 0.25) is 0 Å². The van der Waals surface area contributed by atoms with Gasteiger partial charge in [-0.1, -0.05) is 66.4 Å². The number of thioether (sulfide) groups is 1. The molecule has 0 saturated carbocycles. The lowest BCUT2D eigenvalue weighted by atomic mass is 10.2. The number of anilines is 1. The Hall–Kier alpha value is -3.89. The van der Waals surface area contributed by atoms with Crippen LogP contribution in [0, 0.1) is 11.3 Å². The highest BCUT2D eigenvalue weighted by Crippen LogP contribution is 2.28. The van der Waals surface area contributed by atoms with Crippen LogP contribution >= 0.6 is 11.8 Å². The molecule has 0 fully saturated rings. The normalized spacial score (nSPS) is 10.4. The Balaban J connectivity index is 1.48. The number of aromatic nitrogens is 3. The minimum Gasteiger partial charge on any atom is -0.326 e. The second kappa shape index (κ2) is 9.74. The first kappa shape index (κ1) is 20.4. The summed E-state index contributed by atoms with van der Waals surface area (Å²) < 4.78 is 2.01. The zero-order valence-electron chi connectivity index (χ0n) is 16.6. The second-order valence-corrected chi connectivity index (χ2v) is 7.74. The molecule has 0 aliphatic rings. The van der Waals surface area contributed by atoms with Crippen LogP contribution in [0.3, 0.4) is 0 Å². The zero-order chi connectivity index (χ0) is 21.5. The van der Waals surface area contributed by atoms with Crippen LogP contribution in [-0.2, 0) is 4.79 Å². The lowest BCUT2D eigenvalue weighted by Crippen LogP contribution is -2.12. The van der Waals surface area contributed by atoms with Crippen LogP contribution < -0.4 is 5.32 Å². The molecule has 1 amide bonds. The van der Waals surface area contributed by atoms with Gasteiger partial charge >= 0.3 is 0 Å². The van der Waals surface area contributed by atoms with Gasteiger partial charge in [-0.25, -0.2) is 0 Å². The van der Waals surface area contributed by atoms with Crippen molar-refractivity contribution in [2.24, 2.45) is 0 Å². The predicted molar refractivity (Wildman–Crippen MR) is 122 cm³/mol. The summed E-state index contributed by atoms with van der Waals surface area (Å²) in [5.74, 6) is 1.19. The maximum Gasteiger partial charge on any atom is 0.225 e. The van der Waals surface area contributed by atoms with Crippen molar-refractivity contribution in [3.8, 4) is 23.1 Å². The second-order valence-electron chi connectivity index (χ2n) is 6.68. The molecule has 6 nitrogen and oxygen atoms in total. The van der Waals surface area contributed by atoms with Crippen molar-refractivity contribution in [2.45, 2.75) is 11.6 Å². The molecule has 4 aromatic rings. The van der Waals surface area contributed by atoms with Crippen LogP contribution in [0.5, 0.6) is 0 Å². The molecule has 0 atom stereocenters. The molecule has 1 heterocycles. The maximum atomic E-state index is 12.3. The monoisotopic (exact) mass is 425 g/mol. The van der Waals surface area contributed by atoms with E-state index in [0.717, 1.165) is 22.2 Å². The summed E-state index contributed by atoms with van der Waals surface area (Å²) in [6.07, 6.45) is 0.309. The molecule has 1 N–H and O–H groups in total. The topological polar surface area (TPSA) is 83.6 Å². The quantitative estimate of drug-likeness (QED) is 0.425. The first-order chi connectivity index (χ1) is 15.2. The summed E-state index contributed by atoms with van der Waals surface area (Å²) in [4.78, 5) is 12.3. The number of benzene rings is 3. The van der Waals surface area contributed by atoms with Crippen molar-refractivity contribution < 1.29 is 4.79 Å². The fraction of sp³-hybridized carbons (Fsp3) is 0.0833. The predicted octanol–water partition coefficient (Wildman–Crippen LogP) is 4.93. The smallest absolute Gasteiger partial charge is 0.225 e. The lowest BCUT2D eigenvalue weighted by Gasteiger charge is -2.10. The van der Waals surface area contributed by atoms with Gasteiger partial charge in [-0.05, 0) is 30.3 Å². The van der Waals surface area contributed by atoms with Gasteiger partial charge in [0.2, 0.25) is 5.91 Å². The van der Waals surface area contributed by atoms with E-state index < -0.39 is 0 Å². The van der Waals surface area contributed by atoms with Crippen molar-refractivity contribution >= 4 is 23.4 Å². The Bertz CT molecular complexity index is 1220. The van der Waals surface area contributed by atoms with Gasteiger partial charge in [0.1, 0.15) is 0 Å². The minimum absolute atomic E-state index is 0.114. The Labute approximate surface area is 184 Å². The van der Waals surface area contributed by atoms with Crippen LogP contribution in [0.1, 0.15) is 12.0 Å². The highest BCUT2D eigenvalue weighted by Gasteiger charge is 2.16. The number of carbonyl (C=O) groups is 1. The molecular weight excluding hydrogens is 406 g/mol. The van der Waals surface area contributed by atoms with Crippen molar-refractivity contribution in [2.75, 3.05) is 11.1 Å². The van der Waals surface area contributed by atoms with Crippen molar-refractivity contribution in [3.63, 3.8) is 0 Å². The summed E-state index contributed by atoms with van der Waals surface area (Å²) in [6.45, 7) is 0. The van der Waals surface area contributed by atoms with E-state index in [1.807, 2.05) is 65.2 Å². The number of nitrogens with zero attached hydrogens (tertiary/aromatic N) is 4. The Kier molecular flexibility index (Phi) is 6.41. The summed E-state index contributed by atoms with van der Waals surface area (Å²) in [5.41, 5.74) is 3.07. The number of hydrogen-bond acceptors (Lipinski definition) is 5. The third-order valence-corrected chi connectivity index (χ3v) is 5.45. The van der Waals surface area contributed by atoms with Crippen LogP contribution in [0.25, 0.3) is 17.1 Å². The number of amides is 1. The first-order valence-electron chi connectivity index (χ1n) is 9.73. The number of carbonyl (C=O) groups excluding carboxylic acids is 1. The molecule has 0 bridgehead atoms. The van der Waals surface area contributed by atoms with Crippen LogP contribution in [0.15, 0.2) is 90.1 Å². The van der Waals surface area contributed by atoms with Crippen molar-refractivity contribution in [1.82, 2.24) is 14.8 Å². The number of hydrogen-bond donors (Lipinski definition) is 1. The van der Waals surface area contributed by atoms with Gasteiger partial charge in [0.15, 0.2) is 11.0 Å². The SMILES string of the molecule is N#Cc1cccc(NC(=O)CCSc2nnc(-c3ccccc3)n2-c2ccccc2)c1. The van der Waals surface area contributed by atoms with E-state index in [-0.39, 0.29) is 5.91 Å². The van der Waals surface area contributed by atoms with Crippen molar-refractivity contribution in [1.29, 1.82) is 5.26 Å². The van der Waals surface area contributed by atoms with Gasteiger partial charge in [0.25, 0.3) is 0 Å². The molecule has 0 saturated heterocycles. The van der Waals surface area contributed by atoms with Gasteiger partial charge in [-0.3, -0.25) is 9.36 Å². The highest BCUT2D eigenvalue weighted by molar-refractivity contribution is 7.99. The Morgan fingerprint density at radius 3 is 2.45 bits per heavy atom. The van der Waals surface area contributed by atoms with E-state index >= 15 is 0 Å². The molecule has 31 heavy (non-hydrogen) atoms. The minimum atomic E-state index is -0.114. The third-order valence-electron chi connectivity index (χ3n) is 4.52. The molecule has 7 heteroatoms. The summed E-state index contributed by atoms with van der Waals surface area (Å²) in [5, 5.41) is 21.3. The Morgan fingerprint density at radius 2 is 1.71 bits per heavy atom. The van der Waals surface area contributed by atoms with E-state index in [1.165, 1.54) is 11.8 Å². The van der Waals surface area contributed by atoms with E-state index in [2.05, 4.69) is 21.6 Å². The molecule has 4 rings (SSSR count). The summed E-state index contributed by atoms with van der Waals surface area (Å²) in [7, 11) is 0. The molecule has 0 spiro atoms. The molecular formula is C24H19N5OS. The number of rotatable bonds is 7. The lowest BCUT2D eigenvalue weighted by molar-refractivity contribution is -0.115. The number of nitriles is 1. The van der Waals surface area contributed by atoms with E-state index in [1.54, 1.807) is 24.3 Å². The van der Waals surface area contributed by atoms with E-state index in [0.29, 0.717) is 23.4 Å². The molecule has 1 aromatic heterocycles. The van der Waals surface area contributed by atoms with Gasteiger partial charge in [0.05, 0.1) is 11.6 Å².